The Morgan fingerprint density at radius 2 is 0.688 bits per heavy atom. The summed E-state index contributed by atoms with van der Waals surface area (Å²) in [5.74, 6) is -42.7. The Kier molecular flexibility index (Phi) is 4.82. The molecule has 0 unspecified atom stereocenters. The molecule has 0 heterocycles. The molecule has 0 saturated heterocycles. The number of fused-ring (bicyclic) bond motifs is 2. The van der Waals surface area contributed by atoms with Crippen molar-refractivity contribution in [2.75, 3.05) is 0 Å². The first kappa shape index (κ1) is 24.0. The molecule has 3 rings (SSSR count). The van der Waals surface area contributed by atoms with E-state index in [-0.39, 0.29) is 0 Å². The van der Waals surface area contributed by atoms with E-state index in [1.54, 1.807) is 0 Å². The summed E-state index contributed by atoms with van der Waals surface area (Å²) in [5, 5.41) is 0. The predicted molar refractivity (Wildman–Crippen MR) is 68.5 cm³/mol. The predicted octanol–water partition coefficient (Wildman–Crippen LogP) is 6.91. The quantitative estimate of drug-likeness (QED) is 0.229. The van der Waals surface area contributed by atoms with Crippen molar-refractivity contribution in [2.24, 2.45) is 0 Å². The number of benzene rings is 2. The summed E-state index contributed by atoms with van der Waals surface area (Å²) in [6.45, 7) is 0. The van der Waals surface area contributed by atoms with Crippen LogP contribution in [0.5, 0.6) is 0 Å². The van der Waals surface area contributed by atoms with Crippen molar-refractivity contribution in [1.29, 1.82) is 0 Å². The third kappa shape index (κ3) is 2.66. The van der Waals surface area contributed by atoms with Crippen LogP contribution in [-0.4, -0.2) is 6.18 Å². The second-order valence-corrected chi connectivity index (χ2v) is 6.29. The molecule has 0 atom stereocenters. The zero-order chi connectivity index (χ0) is 24.9. The minimum absolute atomic E-state index is 3.14. The summed E-state index contributed by atoms with van der Waals surface area (Å²) in [5.41, 5.74) is -17.0. The molecule has 0 aromatic heterocycles. The smallest absolute Gasteiger partial charge is 0.206 e. The van der Waals surface area contributed by atoms with Crippen molar-refractivity contribution < 1.29 is 70.2 Å². The summed E-state index contributed by atoms with van der Waals surface area (Å²) in [4.78, 5) is 0. The molecule has 176 valence electrons. The van der Waals surface area contributed by atoms with Gasteiger partial charge >= 0.3 is 23.9 Å². The van der Waals surface area contributed by atoms with Crippen molar-refractivity contribution in [2.45, 2.75) is 23.9 Å². The van der Waals surface area contributed by atoms with Gasteiger partial charge in [-0.15, -0.1) is 0 Å². The molecule has 0 N–H and O–H groups in total. The normalized spacial score (nSPS) is 17.2. The summed E-state index contributed by atoms with van der Waals surface area (Å²) < 4.78 is 220. The Hall–Kier alpha value is -2.68. The Labute approximate surface area is 164 Å². The van der Waals surface area contributed by atoms with Gasteiger partial charge < -0.3 is 0 Å². The van der Waals surface area contributed by atoms with Gasteiger partial charge in [-0.3, -0.25) is 0 Å². The van der Waals surface area contributed by atoms with E-state index in [4.69, 9.17) is 0 Å². The molecule has 16 heteroatoms. The summed E-state index contributed by atoms with van der Waals surface area (Å²) in [6, 6.07) is 0. The van der Waals surface area contributed by atoms with E-state index < -0.39 is 92.5 Å². The molecule has 0 spiro atoms. The largest absolute Gasteiger partial charge is 0.458 e. The molecule has 0 amide bonds. The van der Waals surface area contributed by atoms with Crippen molar-refractivity contribution in [3.8, 4) is 0 Å². The number of hydrogen-bond acceptors (Lipinski definition) is 0. The van der Waals surface area contributed by atoms with Gasteiger partial charge in [0.25, 0.3) is 0 Å². The van der Waals surface area contributed by atoms with Crippen LogP contribution in [0, 0.1) is 40.7 Å². The van der Waals surface area contributed by atoms with Gasteiger partial charge in [0.05, 0.1) is 22.3 Å². The van der Waals surface area contributed by atoms with Gasteiger partial charge in [-0.05, 0) is 0 Å². The first-order valence-corrected chi connectivity index (χ1v) is 7.52. The topological polar surface area (TPSA) is 0 Å². The third-order valence-corrected chi connectivity index (χ3v) is 4.51. The molecule has 0 fully saturated rings. The van der Waals surface area contributed by atoms with E-state index >= 15 is 0 Å². The van der Waals surface area contributed by atoms with E-state index in [0.717, 1.165) is 0 Å². The lowest BCUT2D eigenvalue weighted by Crippen LogP contribution is -2.42. The van der Waals surface area contributed by atoms with E-state index in [9.17, 15) is 70.2 Å². The SMILES string of the molecule is Fc1c(F)c(F)c2c(c1F)C(F)(F)c1c(F)c(F)c(C(F)(F)C(F)(F)F)c(F)c1C2(F)F. The highest BCUT2D eigenvalue weighted by molar-refractivity contribution is 5.58. The monoisotopic (exact) mass is 496 g/mol. The highest BCUT2D eigenvalue weighted by Crippen LogP contribution is 2.59. The van der Waals surface area contributed by atoms with Crippen LogP contribution in [-0.2, 0) is 17.8 Å². The van der Waals surface area contributed by atoms with Gasteiger partial charge in [0.1, 0.15) is 11.4 Å². The molecule has 1 aliphatic rings. The van der Waals surface area contributed by atoms with Crippen LogP contribution >= 0.6 is 0 Å². The third-order valence-electron chi connectivity index (χ3n) is 4.51. The lowest BCUT2D eigenvalue weighted by Gasteiger charge is -2.35. The molecule has 0 aliphatic heterocycles. The first-order chi connectivity index (χ1) is 14.2. The maximum absolute atomic E-state index is 14.6. The van der Waals surface area contributed by atoms with Gasteiger partial charge in [-0.2, -0.15) is 39.5 Å². The fourth-order valence-electron chi connectivity index (χ4n) is 3.14. The van der Waals surface area contributed by atoms with Crippen LogP contribution < -0.4 is 0 Å². The summed E-state index contributed by atoms with van der Waals surface area (Å²) in [6.07, 6.45) is -6.98. The van der Waals surface area contributed by atoms with Crippen molar-refractivity contribution in [1.82, 2.24) is 0 Å². The van der Waals surface area contributed by atoms with Crippen LogP contribution in [0.1, 0.15) is 27.8 Å². The van der Waals surface area contributed by atoms with Crippen molar-refractivity contribution in [3.63, 3.8) is 0 Å². The van der Waals surface area contributed by atoms with E-state index in [1.807, 2.05) is 0 Å². The van der Waals surface area contributed by atoms with Gasteiger partial charge in [0.2, 0.25) is 0 Å². The first-order valence-electron chi connectivity index (χ1n) is 7.52. The minimum Gasteiger partial charge on any atom is -0.206 e. The Morgan fingerprint density at radius 1 is 0.406 bits per heavy atom. The zero-order valence-corrected chi connectivity index (χ0v) is 14.0. The lowest BCUT2D eigenvalue weighted by molar-refractivity contribution is -0.291. The number of halogens is 16. The zero-order valence-electron chi connectivity index (χ0n) is 14.0. The Morgan fingerprint density at radius 3 is 1.00 bits per heavy atom. The summed E-state index contributed by atoms with van der Waals surface area (Å²) >= 11 is 0. The van der Waals surface area contributed by atoms with E-state index in [0.29, 0.717) is 0 Å². The van der Waals surface area contributed by atoms with Gasteiger partial charge in [-0.1, -0.05) is 0 Å². The number of rotatable bonds is 1. The number of alkyl halides is 9. The van der Waals surface area contributed by atoms with E-state index in [2.05, 4.69) is 0 Å². The average Bonchev–Trinajstić information content (AvgIpc) is 2.62. The fourth-order valence-corrected chi connectivity index (χ4v) is 3.14. The summed E-state index contributed by atoms with van der Waals surface area (Å²) in [7, 11) is 0. The molecular formula is C16F16. The van der Waals surface area contributed by atoms with Crippen LogP contribution in [0.3, 0.4) is 0 Å². The molecule has 1 aliphatic carbocycles. The average molecular weight is 496 g/mol. The van der Waals surface area contributed by atoms with Crippen LogP contribution in [0.2, 0.25) is 0 Å². The van der Waals surface area contributed by atoms with Crippen LogP contribution in [0.15, 0.2) is 0 Å². The standard InChI is InChI=1S/C16F16/c17-6-1-2(7(18)10(21)5(6)15(28,29)16(30,31)32)14(26,27)4-3(13(1,24)25)8(19)11(22)12(23)9(4)20. The second kappa shape index (κ2) is 6.43. The molecule has 32 heavy (non-hydrogen) atoms. The van der Waals surface area contributed by atoms with Crippen molar-refractivity contribution >= 4 is 0 Å². The van der Waals surface area contributed by atoms with Gasteiger partial charge in [-0.25, -0.2) is 30.7 Å². The lowest BCUT2D eigenvalue weighted by atomic mass is 9.77. The Bertz CT molecular complexity index is 1160. The minimum atomic E-state index is -6.98. The molecule has 0 bridgehead atoms. The second-order valence-electron chi connectivity index (χ2n) is 6.29. The van der Waals surface area contributed by atoms with Crippen LogP contribution in [0.25, 0.3) is 0 Å². The van der Waals surface area contributed by atoms with Gasteiger partial charge in [0, 0.05) is 0 Å². The Balaban J connectivity index is 2.62. The molecule has 2 aromatic carbocycles. The van der Waals surface area contributed by atoms with E-state index in [1.165, 1.54) is 0 Å². The maximum Gasteiger partial charge on any atom is 0.458 e. The molecule has 0 radical (unpaired) electrons. The maximum atomic E-state index is 14.6. The van der Waals surface area contributed by atoms with Gasteiger partial charge in [0.15, 0.2) is 34.9 Å². The molecular weight excluding hydrogens is 496 g/mol. The molecule has 0 nitrogen and oxygen atoms in total. The highest BCUT2D eigenvalue weighted by Gasteiger charge is 2.66. The highest BCUT2D eigenvalue weighted by atomic mass is 19.4. The van der Waals surface area contributed by atoms with Crippen LogP contribution in [0.4, 0.5) is 70.2 Å². The fraction of sp³-hybridized carbons (Fsp3) is 0.250. The molecule has 0 saturated carbocycles. The molecule has 2 aromatic rings. The van der Waals surface area contributed by atoms with Crippen molar-refractivity contribution in [3.05, 3.63) is 68.5 Å². The number of hydrogen-bond donors (Lipinski definition) is 0.